The van der Waals surface area contributed by atoms with Crippen molar-refractivity contribution in [2.75, 3.05) is 13.2 Å². The van der Waals surface area contributed by atoms with Gasteiger partial charge in [0.15, 0.2) is 6.10 Å². The summed E-state index contributed by atoms with van der Waals surface area (Å²) in [6.07, 6.45) is 91.4. The van der Waals surface area contributed by atoms with Crippen LogP contribution in [0, 0.1) is 0 Å². The van der Waals surface area contributed by atoms with E-state index in [1.165, 1.54) is 173 Å². The molecule has 0 aromatic carbocycles. The molecule has 0 N–H and O–H groups in total. The van der Waals surface area contributed by atoms with Crippen molar-refractivity contribution in [1.82, 2.24) is 0 Å². The van der Waals surface area contributed by atoms with Gasteiger partial charge in [0.05, 0.1) is 0 Å². The summed E-state index contributed by atoms with van der Waals surface area (Å²) in [6.45, 7) is 6.55. The van der Waals surface area contributed by atoms with E-state index in [-0.39, 0.29) is 31.1 Å². The van der Waals surface area contributed by atoms with Gasteiger partial charge in [0.2, 0.25) is 0 Å². The highest BCUT2D eigenvalue weighted by atomic mass is 16.6. The van der Waals surface area contributed by atoms with E-state index in [0.29, 0.717) is 19.3 Å². The average molecular weight is 1110 g/mol. The Kier molecular flexibility index (Phi) is 64.7. The van der Waals surface area contributed by atoms with Crippen LogP contribution in [0.3, 0.4) is 0 Å². The van der Waals surface area contributed by atoms with Crippen molar-refractivity contribution in [3.63, 3.8) is 0 Å². The highest BCUT2D eigenvalue weighted by Gasteiger charge is 2.19. The van der Waals surface area contributed by atoms with E-state index in [4.69, 9.17) is 14.2 Å². The zero-order valence-corrected chi connectivity index (χ0v) is 52.8. The summed E-state index contributed by atoms with van der Waals surface area (Å²) in [7, 11) is 0. The summed E-state index contributed by atoms with van der Waals surface area (Å²) >= 11 is 0. The second-order valence-electron chi connectivity index (χ2n) is 22.7. The maximum Gasteiger partial charge on any atom is 0.306 e. The molecule has 6 nitrogen and oxygen atoms in total. The predicted molar refractivity (Wildman–Crippen MR) is 348 cm³/mol. The lowest BCUT2D eigenvalue weighted by Gasteiger charge is -2.18. The highest BCUT2D eigenvalue weighted by Crippen LogP contribution is 2.17. The number of esters is 3. The van der Waals surface area contributed by atoms with Gasteiger partial charge in [0.1, 0.15) is 13.2 Å². The van der Waals surface area contributed by atoms with E-state index in [0.717, 1.165) is 122 Å². The van der Waals surface area contributed by atoms with Crippen LogP contribution in [0.5, 0.6) is 0 Å². The van der Waals surface area contributed by atoms with Crippen LogP contribution in [0.2, 0.25) is 0 Å². The topological polar surface area (TPSA) is 78.9 Å². The molecule has 0 fully saturated rings. The van der Waals surface area contributed by atoms with Gasteiger partial charge < -0.3 is 14.2 Å². The molecule has 0 aromatic heterocycles. The molecule has 0 rings (SSSR count). The zero-order valence-electron chi connectivity index (χ0n) is 52.8. The van der Waals surface area contributed by atoms with Gasteiger partial charge in [-0.2, -0.15) is 0 Å². The molecular formula is C74H128O6. The molecule has 0 bridgehead atoms. The molecule has 6 heteroatoms. The Bertz CT molecular complexity index is 1560. The predicted octanol–water partition coefficient (Wildman–Crippen LogP) is 23.6. The molecule has 0 aliphatic carbocycles. The van der Waals surface area contributed by atoms with Crippen molar-refractivity contribution < 1.29 is 28.6 Å². The van der Waals surface area contributed by atoms with Gasteiger partial charge >= 0.3 is 17.9 Å². The summed E-state index contributed by atoms with van der Waals surface area (Å²) in [5.41, 5.74) is 0. The van der Waals surface area contributed by atoms with E-state index in [1.54, 1.807) is 0 Å². The number of carbonyl (C=O) groups is 3. The smallest absolute Gasteiger partial charge is 0.306 e. The van der Waals surface area contributed by atoms with Crippen molar-refractivity contribution in [2.24, 2.45) is 0 Å². The molecule has 0 heterocycles. The molecule has 0 spiro atoms. The van der Waals surface area contributed by atoms with Gasteiger partial charge in [-0.25, -0.2) is 0 Å². The number of hydrogen-bond donors (Lipinski definition) is 0. The highest BCUT2D eigenvalue weighted by molar-refractivity contribution is 5.71. The fourth-order valence-electron chi connectivity index (χ4n) is 9.76. The van der Waals surface area contributed by atoms with E-state index >= 15 is 0 Å². The van der Waals surface area contributed by atoms with E-state index < -0.39 is 6.10 Å². The SMILES string of the molecule is CC/C=C\C/C=C\C/C=C\C/C=C\C/C=C\C/C=C\C/C=C\C/C=C\CCCCCCCCC(=O)OCC(COC(=O)CCCCCCCCCCCCC)OC(=O)CCCCCCCCCCCCCCCCCCCCCC. The monoisotopic (exact) mass is 1110 g/mol. The molecule has 0 saturated heterocycles. The molecule has 460 valence electrons. The molecule has 80 heavy (non-hydrogen) atoms. The second-order valence-corrected chi connectivity index (χ2v) is 22.7. The van der Waals surface area contributed by atoms with Crippen LogP contribution >= 0.6 is 0 Å². The molecule has 0 amide bonds. The Morgan fingerprint density at radius 3 is 0.762 bits per heavy atom. The normalized spacial score (nSPS) is 12.7. The maximum atomic E-state index is 12.9. The first-order valence-electron chi connectivity index (χ1n) is 34.2. The lowest BCUT2D eigenvalue weighted by Crippen LogP contribution is -2.30. The Labute approximate surface area is 496 Å². The second kappa shape index (κ2) is 67.8. The Morgan fingerprint density at radius 1 is 0.263 bits per heavy atom. The van der Waals surface area contributed by atoms with Crippen LogP contribution in [0.25, 0.3) is 0 Å². The number of carbonyl (C=O) groups excluding carboxylic acids is 3. The minimum absolute atomic E-state index is 0.0773. The first-order valence-corrected chi connectivity index (χ1v) is 34.2. The summed E-state index contributed by atoms with van der Waals surface area (Å²) in [6, 6.07) is 0. The average Bonchev–Trinajstić information content (AvgIpc) is 3.46. The lowest BCUT2D eigenvalue weighted by atomic mass is 10.0. The van der Waals surface area contributed by atoms with Crippen molar-refractivity contribution in [2.45, 2.75) is 341 Å². The van der Waals surface area contributed by atoms with Gasteiger partial charge in [0.25, 0.3) is 0 Å². The maximum absolute atomic E-state index is 12.9. The standard InChI is InChI=1S/C74H128O6/c1-4-7-10-13-16-19-22-24-26-28-30-32-33-34-35-36-37-38-39-40-41-42-44-45-47-49-52-55-58-61-64-67-73(76)79-70-71(69-78-72(75)66-63-60-57-54-51-21-18-15-12-9-6-3)80-74(77)68-65-62-59-56-53-50-48-46-43-31-29-27-25-23-20-17-14-11-8-5-2/h7,10,16,19,24,26,30,32,34-35,37-38,40-41,44-45,71H,4-6,8-9,11-15,17-18,20-23,25,27-29,31,33,36,39,42-43,46-70H2,1-3H3/b10-7-,19-16-,26-24-,32-30-,35-34-,38-37-,41-40-,45-44-. The Balaban J connectivity index is 4.27. The van der Waals surface area contributed by atoms with Crippen molar-refractivity contribution in [3.05, 3.63) is 97.2 Å². The van der Waals surface area contributed by atoms with Gasteiger partial charge in [-0.3, -0.25) is 14.4 Å². The van der Waals surface area contributed by atoms with Gasteiger partial charge in [-0.1, -0.05) is 330 Å². The quantitative estimate of drug-likeness (QED) is 0.0261. The number of hydrogen-bond acceptors (Lipinski definition) is 6. The van der Waals surface area contributed by atoms with Crippen LogP contribution in [-0.2, 0) is 28.6 Å². The molecule has 0 saturated carbocycles. The van der Waals surface area contributed by atoms with Crippen LogP contribution in [0.4, 0.5) is 0 Å². The molecular weight excluding hydrogens is 985 g/mol. The molecule has 1 atom stereocenters. The number of ether oxygens (including phenoxy) is 3. The minimum atomic E-state index is -0.781. The summed E-state index contributed by atoms with van der Waals surface area (Å²) in [4.78, 5) is 38.3. The zero-order chi connectivity index (χ0) is 57.8. The van der Waals surface area contributed by atoms with Crippen molar-refractivity contribution in [1.29, 1.82) is 0 Å². The van der Waals surface area contributed by atoms with Crippen LogP contribution < -0.4 is 0 Å². The Morgan fingerprint density at radius 2 is 0.487 bits per heavy atom. The van der Waals surface area contributed by atoms with Gasteiger partial charge in [-0.05, 0) is 83.5 Å². The summed E-state index contributed by atoms with van der Waals surface area (Å²) in [5, 5.41) is 0. The third-order valence-electron chi connectivity index (χ3n) is 14.9. The van der Waals surface area contributed by atoms with E-state index in [1.807, 2.05) is 0 Å². The van der Waals surface area contributed by atoms with E-state index in [9.17, 15) is 14.4 Å². The number of allylic oxidation sites excluding steroid dienone is 16. The Hall–Kier alpha value is -3.67. The third-order valence-corrected chi connectivity index (χ3v) is 14.9. The lowest BCUT2D eigenvalue weighted by molar-refractivity contribution is -0.167. The molecule has 0 radical (unpaired) electrons. The van der Waals surface area contributed by atoms with Crippen LogP contribution in [0.15, 0.2) is 97.2 Å². The first kappa shape index (κ1) is 76.3. The molecule has 0 aliphatic rings. The van der Waals surface area contributed by atoms with Crippen LogP contribution in [-0.4, -0.2) is 37.2 Å². The third kappa shape index (κ3) is 65.1. The number of unbranched alkanes of at least 4 members (excludes halogenated alkanes) is 35. The van der Waals surface area contributed by atoms with Crippen molar-refractivity contribution >= 4 is 17.9 Å². The fourth-order valence-corrected chi connectivity index (χ4v) is 9.76. The summed E-state index contributed by atoms with van der Waals surface area (Å²) in [5.74, 6) is -0.877. The first-order chi connectivity index (χ1) is 39.5. The minimum Gasteiger partial charge on any atom is -0.462 e. The van der Waals surface area contributed by atoms with Gasteiger partial charge in [0, 0.05) is 19.3 Å². The largest absolute Gasteiger partial charge is 0.462 e. The molecule has 0 aliphatic heterocycles. The van der Waals surface area contributed by atoms with Crippen molar-refractivity contribution in [3.8, 4) is 0 Å². The molecule has 1 unspecified atom stereocenters. The van der Waals surface area contributed by atoms with E-state index in [2.05, 4.69) is 118 Å². The summed E-state index contributed by atoms with van der Waals surface area (Å²) < 4.78 is 16.9. The number of rotatable bonds is 62. The molecule has 0 aromatic rings. The van der Waals surface area contributed by atoms with Gasteiger partial charge in [-0.15, -0.1) is 0 Å². The fraction of sp³-hybridized carbons (Fsp3) is 0.743. The van der Waals surface area contributed by atoms with Crippen LogP contribution in [0.1, 0.15) is 335 Å².